The summed E-state index contributed by atoms with van der Waals surface area (Å²) in [6.07, 6.45) is 2.11. The lowest BCUT2D eigenvalue weighted by Crippen LogP contribution is -2.39. The van der Waals surface area contributed by atoms with Crippen molar-refractivity contribution in [2.75, 3.05) is 13.1 Å². The highest BCUT2D eigenvalue weighted by Crippen LogP contribution is 2.39. The van der Waals surface area contributed by atoms with Gasteiger partial charge in [0.1, 0.15) is 0 Å². The van der Waals surface area contributed by atoms with Gasteiger partial charge in [-0.15, -0.1) is 0 Å². The normalized spacial score (nSPS) is 25.4. The van der Waals surface area contributed by atoms with Crippen LogP contribution in [-0.4, -0.2) is 45.2 Å². The van der Waals surface area contributed by atoms with Crippen molar-refractivity contribution >= 4 is 11.9 Å². The molecule has 1 aliphatic heterocycles. The summed E-state index contributed by atoms with van der Waals surface area (Å²) < 4.78 is 16.2. The molecule has 1 saturated heterocycles. The van der Waals surface area contributed by atoms with Crippen LogP contribution in [0.2, 0.25) is 0 Å². The molecule has 1 aromatic heterocycles. The Hall–Kier alpha value is -1.85. The number of aliphatic carboxylic acids is 1. The lowest BCUT2D eigenvalue weighted by Gasteiger charge is -2.18. The molecule has 1 aliphatic carbocycles. The largest absolute Gasteiger partial charge is 0.479 e. The highest BCUT2D eigenvalue weighted by Gasteiger charge is 2.47. The minimum absolute atomic E-state index is 0.143. The summed E-state index contributed by atoms with van der Waals surface area (Å²) in [4.78, 5) is 24.8. The van der Waals surface area contributed by atoms with Crippen molar-refractivity contribution in [2.45, 2.75) is 44.8 Å². The van der Waals surface area contributed by atoms with Crippen molar-refractivity contribution in [2.24, 2.45) is 0 Å². The Kier molecular flexibility index (Phi) is 3.07. The molecule has 2 fully saturated rings. The van der Waals surface area contributed by atoms with Crippen LogP contribution in [0, 0.1) is 13.8 Å². The van der Waals surface area contributed by atoms with Crippen molar-refractivity contribution in [3.8, 4) is 0 Å². The van der Waals surface area contributed by atoms with Crippen molar-refractivity contribution in [3.63, 3.8) is 0 Å². The molecular weight excluding hydrogens is 275 g/mol. The number of aryl methyl sites for hydroxylation is 1. The molecule has 2 aliphatic rings. The Morgan fingerprint density at radius 3 is 2.57 bits per heavy atom. The van der Waals surface area contributed by atoms with Gasteiger partial charge in [0.15, 0.2) is 0 Å². The van der Waals surface area contributed by atoms with Crippen LogP contribution in [0.4, 0.5) is 4.39 Å². The molecule has 0 spiro atoms. The maximum atomic E-state index is 14.1. The van der Waals surface area contributed by atoms with Crippen LogP contribution in [0.15, 0.2) is 6.07 Å². The fourth-order valence-corrected chi connectivity index (χ4v) is 3.18. The molecule has 21 heavy (non-hydrogen) atoms. The van der Waals surface area contributed by atoms with Crippen LogP contribution in [0.5, 0.6) is 0 Å². The molecule has 1 amide bonds. The molecule has 0 radical (unpaired) electrons. The topological polar surface area (TPSA) is 62.5 Å². The van der Waals surface area contributed by atoms with Gasteiger partial charge in [0.2, 0.25) is 5.67 Å². The second-order valence-corrected chi connectivity index (χ2v) is 6.13. The SMILES string of the molecule is Cc1cc(C(=O)N2CCC(F)(C(=O)O)C2)c(C)n1C1CC1. The quantitative estimate of drug-likeness (QED) is 0.928. The molecule has 1 atom stereocenters. The highest BCUT2D eigenvalue weighted by molar-refractivity contribution is 5.96. The maximum Gasteiger partial charge on any atom is 0.343 e. The number of carboxylic acid groups (broad SMARTS) is 1. The molecule has 5 nitrogen and oxygen atoms in total. The minimum atomic E-state index is -2.31. The van der Waals surface area contributed by atoms with Crippen LogP contribution in [0.25, 0.3) is 0 Å². The van der Waals surface area contributed by atoms with Gasteiger partial charge in [0, 0.05) is 30.4 Å². The highest BCUT2D eigenvalue weighted by atomic mass is 19.1. The summed E-state index contributed by atoms with van der Waals surface area (Å²) in [5.74, 6) is -1.75. The van der Waals surface area contributed by atoms with Crippen molar-refractivity contribution in [3.05, 3.63) is 23.0 Å². The number of amides is 1. The van der Waals surface area contributed by atoms with Gasteiger partial charge < -0.3 is 14.6 Å². The fraction of sp³-hybridized carbons (Fsp3) is 0.600. The molecule has 1 N–H and O–H groups in total. The molecule has 2 heterocycles. The van der Waals surface area contributed by atoms with Gasteiger partial charge >= 0.3 is 5.97 Å². The molecule has 3 rings (SSSR count). The number of alkyl halides is 1. The third-order valence-electron chi connectivity index (χ3n) is 4.52. The van der Waals surface area contributed by atoms with Gasteiger partial charge in [-0.1, -0.05) is 0 Å². The van der Waals surface area contributed by atoms with E-state index in [9.17, 15) is 14.0 Å². The third-order valence-corrected chi connectivity index (χ3v) is 4.52. The monoisotopic (exact) mass is 294 g/mol. The average molecular weight is 294 g/mol. The number of carbonyl (C=O) groups is 2. The summed E-state index contributed by atoms with van der Waals surface area (Å²) in [6.45, 7) is 3.64. The second kappa shape index (κ2) is 4.58. The number of carboxylic acids is 1. The Bertz CT molecular complexity index is 621. The van der Waals surface area contributed by atoms with Crippen LogP contribution in [-0.2, 0) is 4.79 Å². The van der Waals surface area contributed by atoms with Crippen LogP contribution < -0.4 is 0 Å². The van der Waals surface area contributed by atoms with Gasteiger partial charge in [-0.05, 0) is 32.8 Å². The molecule has 0 aromatic carbocycles. The Morgan fingerprint density at radius 1 is 1.38 bits per heavy atom. The van der Waals surface area contributed by atoms with Crippen molar-refractivity contribution < 1.29 is 19.1 Å². The van der Waals surface area contributed by atoms with E-state index in [4.69, 9.17) is 5.11 Å². The maximum absolute atomic E-state index is 14.1. The standard InChI is InChI=1S/C15H19FN2O3/c1-9-7-12(10(2)18(9)11-3-4-11)13(19)17-6-5-15(16,8-17)14(20)21/h7,11H,3-6,8H2,1-2H3,(H,20,21). The van der Waals surface area contributed by atoms with E-state index in [0.717, 1.165) is 24.2 Å². The number of aromatic nitrogens is 1. The van der Waals surface area contributed by atoms with E-state index >= 15 is 0 Å². The van der Waals surface area contributed by atoms with Crippen molar-refractivity contribution in [1.82, 2.24) is 9.47 Å². The van der Waals surface area contributed by atoms with E-state index < -0.39 is 11.6 Å². The molecule has 1 unspecified atom stereocenters. The first-order valence-corrected chi connectivity index (χ1v) is 7.23. The first-order chi connectivity index (χ1) is 9.83. The zero-order valence-electron chi connectivity index (χ0n) is 12.2. The van der Waals surface area contributed by atoms with E-state index in [1.165, 1.54) is 4.90 Å². The zero-order valence-corrected chi connectivity index (χ0v) is 12.2. The summed E-state index contributed by atoms with van der Waals surface area (Å²) in [5, 5.41) is 8.91. The Labute approximate surface area is 122 Å². The summed E-state index contributed by atoms with van der Waals surface area (Å²) in [6, 6.07) is 2.30. The number of hydrogen-bond acceptors (Lipinski definition) is 2. The zero-order chi connectivity index (χ0) is 15.4. The number of halogens is 1. The molecule has 6 heteroatoms. The minimum Gasteiger partial charge on any atom is -0.479 e. The summed E-state index contributed by atoms with van der Waals surface area (Å²) in [5.41, 5.74) is 0.181. The summed E-state index contributed by atoms with van der Waals surface area (Å²) in [7, 11) is 0. The van der Waals surface area contributed by atoms with Crippen LogP contribution in [0.3, 0.4) is 0 Å². The van der Waals surface area contributed by atoms with E-state index in [1.807, 2.05) is 19.9 Å². The van der Waals surface area contributed by atoms with Gasteiger partial charge in [0.25, 0.3) is 5.91 Å². The van der Waals surface area contributed by atoms with Gasteiger partial charge in [0.05, 0.1) is 12.1 Å². The Balaban J connectivity index is 1.84. The van der Waals surface area contributed by atoms with Gasteiger partial charge in [-0.3, -0.25) is 4.79 Å². The first-order valence-electron chi connectivity index (χ1n) is 7.23. The van der Waals surface area contributed by atoms with Gasteiger partial charge in [-0.25, -0.2) is 9.18 Å². The number of carbonyl (C=O) groups excluding carboxylic acids is 1. The number of rotatable bonds is 3. The Morgan fingerprint density at radius 2 is 2.05 bits per heavy atom. The average Bonchev–Trinajstić information content (AvgIpc) is 3.09. The molecule has 1 aromatic rings. The molecule has 114 valence electrons. The van der Waals surface area contributed by atoms with E-state index in [0.29, 0.717) is 11.6 Å². The smallest absolute Gasteiger partial charge is 0.343 e. The van der Waals surface area contributed by atoms with E-state index in [1.54, 1.807) is 0 Å². The predicted octanol–water partition coefficient (Wildman–Crippen LogP) is 2.08. The lowest BCUT2D eigenvalue weighted by molar-refractivity contribution is -0.149. The van der Waals surface area contributed by atoms with E-state index in [-0.39, 0.29) is 25.4 Å². The van der Waals surface area contributed by atoms with Crippen LogP contribution in [0.1, 0.15) is 47.1 Å². The first kappa shape index (κ1) is 14.1. The fourth-order valence-electron chi connectivity index (χ4n) is 3.18. The number of nitrogens with zero attached hydrogens (tertiary/aromatic N) is 2. The number of likely N-dealkylation sites (tertiary alicyclic amines) is 1. The molecule has 0 bridgehead atoms. The third kappa shape index (κ3) is 2.22. The van der Waals surface area contributed by atoms with E-state index in [2.05, 4.69) is 4.57 Å². The lowest BCUT2D eigenvalue weighted by atomic mass is 10.1. The van der Waals surface area contributed by atoms with Gasteiger partial charge in [-0.2, -0.15) is 0 Å². The van der Waals surface area contributed by atoms with Crippen LogP contribution >= 0.6 is 0 Å². The molecular formula is C15H19FN2O3. The number of hydrogen-bond donors (Lipinski definition) is 1. The molecule has 1 saturated carbocycles. The predicted molar refractivity (Wildman–Crippen MR) is 74.2 cm³/mol. The second-order valence-electron chi connectivity index (χ2n) is 6.13. The summed E-state index contributed by atoms with van der Waals surface area (Å²) >= 11 is 0. The van der Waals surface area contributed by atoms with Crippen molar-refractivity contribution in [1.29, 1.82) is 0 Å².